The molecule has 0 unspecified atom stereocenters. The molecule has 3 aromatic rings. The first-order valence-corrected chi connectivity index (χ1v) is 11.8. The molecule has 0 N–H and O–H groups in total. The Morgan fingerprint density at radius 2 is 1.82 bits per heavy atom. The van der Waals surface area contributed by atoms with E-state index in [1.807, 2.05) is 35.2 Å². The van der Waals surface area contributed by atoms with Gasteiger partial charge >= 0.3 is 0 Å². The van der Waals surface area contributed by atoms with Crippen LogP contribution in [0, 0.1) is 5.82 Å². The molecule has 0 bridgehead atoms. The molecule has 0 aliphatic carbocycles. The van der Waals surface area contributed by atoms with Crippen molar-refractivity contribution in [1.82, 2.24) is 14.9 Å². The Kier molecular flexibility index (Phi) is 6.54. The van der Waals surface area contributed by atoms with E-state index in [2.05, 4.69) is 9.97 Å². The lowest BCUT2D eigenvalue weighted by atomic mass is 9.72. The summed E-state index contributed by atoms with van der Waals surface area (Å²) in [6.07, 6.45) is 6.06. The number of likely N-dealkylation sites (tertiary alicyclic amines) is 1. The fourth-order valence-electron chi connectivity index (χ4n) is 5.09. The zero-order valence-corrected chi connectivity index (χ0v) is 19.0. The molecule has 2 fully saturated rings. The van der Waals surface area contributed by atoms with Crippen molar-refractivity contribution in [2.24, 2.45) is 0 Å². The topological polar surface area (TPSA) is 64.6 Å². The van der Waals surface area contributed by atoms with Crippen LogP contribution in [0.25, 0.3) is 0 Å². The van der Waals surface area contributed by atoms with Crippen LogP contribution in [0.5, 0.6) is 11.6 Å². The van der Waals surface area contributed by atoms with Crippen molar-refractivity contribution in [2.75, 3.05) is 26.3 Å². The minimum Gasteiger partial charge on any atom is -0.437 e. The van der Waals surface area contributed by atoms with Gasteiger partial charge in [-0.3, -0.25) is 9.78 Å². The fraction of sp³-hybridized carbons (Fsp3) is 0.370. The lowest BCUT2D eigenvalue weighted by Gasteiger charge is -2.42. The average Bonchev–Trinajstić information content (AvgIpc) is 2.90. The van der Waals surface area contributed by atoms with Crippen molar-refractivity contribution in [3.05, 3.63) is 84.1 Å². The zero-order valence-electron chi connectivity index (χ0n) is 19.0. The normalized spacial score (nSPS) is 20.0. The van der Waals surface area contributed by atoms with Crippen LogP contribution in [0.3, 0.4) is 0 Å². The third kappa shape index (κ3) is 4.53. The van der Waals surface area contributed by atoms with E-state index >= 15 is 0 Å². The summed E-state index contributed by atoms with van der Waals surface area (Å²) in [6.45, 7) is 2.07. The first kappa shape index (κ1) is 22.5. The largest absolute Gasteiger partial charge is 0.437 e. The second-order valence-electron chi connectivity index (χ2n) is 8.96. The molecule has 3 heterocycles. The second kappa shape index (κ2) is 9.89. The highest BCUT2D eigenvalue weighted by atomic mass is 19.1. The number of benzene rings is 2. The Morgan fingerprint density at radius 3 is 2.62 bits per heavy atom. The van der Waals surface area contributed by atoms with E-state index in [0.29, 0.717) is 56.3 Å². The lowest BCUT2D eigenvalue weighted by Crippen LogP contribution is -2.52. The summed E-state index contributed by atoms with van der Waals surface area (Å²) in [5.74, 6) is 0.820. The number of halogens is 1. The number of hydrogen-bond donors (Lipinski definition) is 0. The van der Waals surface area contributed by atoms with Crippen LogP contribution < -0.4 is 4.74 Å². The standard InChI is InChI=1S/C27H28FN3O3/c28-23-11-5-4-10-22(23)27(12-15-33-16-13-27)26(32)31-14-6-7-20(19-31)24-17-29-18-25(30-24)34-21-8-2-1-3-9-21/h1-5,8-11,17-18,20H,6-7,12-16,19H2/t20-/m0/s1. The zero-order chi connectivity index (χ0) is 23.4. The molecular weight excluding hydrogens is 433 g/mol. The van der Waals surface area contributed by atoms with E-state index in [0.717, 1.165) is 18.5 Å². The monoisotopic (exact) mass is 461 g/mol. The molecule has 7 heteroatoms. The molecule has 176 valence electrons. The van der Waals surface area contributed by atoms with Gasteiger partial charge in [-0.25, -0.2) is 9.37 Å². The number of para-hydroxylation sites is 1. The predicted molar refractivity (Wildman–Crippen MR) is 125 cm³/mol. The number of ether oxygens (including phenoxy) is 2. The predicted octanol–water partition coefficient (Wildman–Crippen LogP) is 4.86. The van der Waals surface area contributed by atoms with Crippen LogP contribution in [0.15, 0.2) is 67.0 Å². The van der Waals surface area contributed by atoms with E-state index in [-0.39, 0.29) is 17.6 Å². The van der Waals surface area contributed by atoms with Crippen molar-refractivity contribution < 1.29 is 18.7 Å². The van der Waals surface area contributed by atoms with E-state index < -0.39 is 5.41 Å². The third-order valence-electron chi connectivity index (χ3n) is 6.87. The maximum Gasteiger partial charge on any atom is 0.238 e. The van der Waals surface area contributed by atoms with Gasteiger partial charge in [0.2, 0.25) is 11.8 Å². The minimum absolute atomic E-state index is 0.0183. The lowest BCUT2D eigenvalue weighted by molar-refractivity contribution is -0.142. The molecule has 1 aromatic heterocycles. The van der Waals surface area contributed by atoms with Gasteiger partial charge in [0.25, 0.3) is 0 Å². The number of carbonyl (C=O) groups is 1. The quantitative estimate of drug-likeness (QED) is 0.543. The Bertz CT molecular complexity index is 1130. The molecule has 2 aliphatic rings. The number of amides is 1. The van der Waals surface area contributed by atoms with E-state index in [1.54, 1.807) is 30.6 Å². The first-order valence-electron chi connectivity index (χ1n) is 11.8. The van der Waals surface area contributed by atoms with Gasteiger partial charge in [0.05, 0.1) is 17.3 Å². The molecule has 34 heavy (non-hydrogen) atoms. The molecule has 1 atom stereocenters. The molecule has 2 aromatic carbocycles. The van der Waals surface area contributed by atoms with E-state index in [1.165, 1.54) is 6.07 Å². The molecule has 2 saturated heterocycles. The number of aromatic nitrogens is 2. The van der Waals surface area contributed by atoms with Crippen molar-refractivity contribution in [1.29, 1.82) is 0 Å². The number of rotatable bonds is 5. The average molecular weight is 462 g/mol. The highest BCUT2D eigenvalue weighted by Gasteiger charge is 2.46. The van der Waals surface area contributed by atoms with Gasteiger partial charge in [0, 0.05) is 44.0 Å². The van der Waals surface area contributed by atoms with Crippen LogP contribution in [0.4, 0.5) is 4.39 Å². The summed E-state index contributed by atoms with van der Waals surface area (Å²) in [7, 11) is 0. The summed E-state index contributed by atoms with van der Waals surface area (Å²) < 4.78 is 26.3. The maximum atomic E-state index is 14.9. The molecule has 6 nitrogen and oxygen atoms in total. The summed E-state index contributed by atoms with van der Waals surface area (Å²) in [5, 5.41) is 0. The molecule has 0 saturated carbocycles. The van der Waals surface area contributed by atoms with Crippen LogP contribution >= 0.6 is 0 Å². The van der Waals surface area contributed by atoms with Crippen molar-refractivity contribution >= 4 is 5.91 Å². The number of piperidine rings is 1. The highest BCUT2D eigenvalue weighted by Crippen LogP contribution is 2.40. The Balaban J connectivity index is 1.37. The molecule has 0 radical (unpaired) electrons. The van der Waals surface area contributed by atoms with Gasteiger partial charge in [0.1, 0.15) is 11.6 Å². The molecule has 2 aliphatic heterocycles. The van der Waals surface area contributed by atoms with Gasteiger partial charge in [0.15, 0.2) is 0 Å². The summed E-state index contributed by atoms with van der Waals surface area (Å²) in [4.78, 5) is 24.9. The van der Waals surface area contributed by atoms with Gasteiger partial charge in [-0.15, -0.1) is 0 Å². The van der Waals surface area contributed by atoms with Gasteiger partial charge < -0.3 is 14.4 Å². The van der Waals surface area contributed by atoms with Crippen molar-refractivity contribution in [2.45, 2.75) is 37.0 Å². The summed E-state index contributed by atoms with van der Waals surface area (Å²) >= 11 is 0. The van der Waals surface area contributed by atoms with Gasteiger partial charge in [-0.1, -0.05) is 36.4 Å². The Morgan fingerprint density at radius 1 is 1.06 bits per heavy atom. The second-order valence-corrected chi connectivity index (χ2v) is 8.96. The third-order valence-corrected chi connectivity index (χ3v) is 6.87. The van der Waals surface area contributed by atoms with E-state index in [4.69, 9.17) is 9.47 Å². The van der Waals surface area contributed by atoms with Crippen LogP contribution in [-0.4, -0.2) is 47.1 Å². The maximum absolute atomic E-state index is 14.9. The summed E-state index contributed by atoms with van der Waals surface area (Å²) in [6, 6.07) is 16.1. The van der Waals surface area contributed by atoms with Crippen molar-refractivity contribution in [3.8, 4) is 11.6 Å². The van der Waals surface area contributed by atoms with Gasteiger partial charge in [-0.2, -0.15) is 0 Å². The highest BCUT2D eigenvalue weighted by molar-refractivity contribution is 5.88. The number of hydrogen-bond acceptors (Lipinski definition) is 5. The van der Waals surface area contributed by atoms with Gasteiger partial charge in [-0.05, 0) is 43.9 Å². The minimum atomic E-state index is -0.893. The molecular formula is C27H28FN3O3. The van der Waals surface area contributed by atoms with Crippen LogP contribution in [0.2, 0.25) is 0 Å². The fourth-order valence-corrected chi connectivity index (χ4v) is 5.09. The Hall–Kier alpha value is -3.32. The van der Waals surface area contributed by atoms with Crippen LogP contribution in [-0.2, 0) is 14.9 Å². The Labute approximate surface area is 198 Å². The smallest absolute Gasteiger partial charge is 0.238 e. The molecule has 1 amide bonds. The SMILES string of the molecule is O=C(N1CCC[C@H](c2cncc(Oc3ccccc3)n2)C1)C1(c2ccccc2F)CCOCC1. The van der Waals surface area contributed by atoms with Crippen LogP contribution in [0.1, 0.15) is 42.9 Å². The number of nitrogens with zero attached hydrogens (tertiary/aromatic N) is 3. The number of carbonyl (C=O) groups excluding carboxylic acids is 1. The van der Waals surface area contributed by atoms with E-state index in [9.17, 15) is 9.18 Å². The van der Waals surface area contributed by atoms with Crippen molar-refractivity contribution in [3.63, 3.8) is 0 Å². The molecule has 0 spiro atoms. The molecule has 5 rings (SSSR count). The first-order chi connectivity index (χ1) is 16.7. The summed E-state index contributed by atoms with van der Waals surface area (Å²) in [5.41, 5.74) is 0.386.